The second kappa shape index (κ2) is 6.59. The number of nitrogens with one attached hydrogen (secondary N) is 1. The lowest BCUT2D eigenvalue weighted by molar-refractivity contribution is 0.204. The molecule has 20 heavy (non-hydrogen) atoms. The van der Waals surface area contributed by atoms with Crippen LogP contribution in [0.25, 0.3) is 0 Å². The van der Waals surface area contributed by atoms with E-state index in [1.807, 2.05) is 0 Å². The Hall–Kier alpha value is -1.07. The second-order valence-corrected chi connectivity index (χ2v) is 5.63. The van der Waals surface area contributed by atoms with Crippen LogP contribution in [0.3, 0.4) is 0 Å². The summed E-state index contributed by atoms with van der Waals surface area (Å²) in [5.41, 5.74) is 2.39. The fourth-order valence-electron chi connectivity index (χ4n) is 3.31. The maximum atomic E-state index is 13.9. The summed E-state index contributed by atoms with van der Waals surface area (Å²) in [5, 5.41) is 0. The zero-order valence-electron chi connectivity index (χ0n) is 11.6. The van der Waals surface area contributed by atoms with Gasteiger partial charge < -0.3 is 0 Å². The van der Waals surface area contributed by atoms with Gasteiger partial charge in [-0.15, -0.1) is 0 Å². The largest absolute Gasteiger partial charge is 0.271 e. The zero-order valence-corrected chi connectivity index (χ0v) is 11.6. The SMILES string of the molecule is CCC1CCCC(C(NN)c2c(F)cc(F)cc2F)C1. The van der Waals surface area contributed by atoms with E-state index < -0.39 is 23.5 Å². The van der Waals surface area contributed by atoms with E-state index in [0.717, 1.165) is 32.1 Å². The molecule has 1 aromatic rings. The fraction of sp³-hybridized carbons (Fsp3) is 0.600. The predicted octanol–water partition coefficient (Wildman–Crippen LogP) is 3.82. The van der Waals surface area contributed by atoms with Gasteiger partial charge in [-0.1, -0.05) is 26.2 Å². The molecule has 0 bridgehead atoms. The molecule has 5 heteroatoms. The highest BCUT2D eigenvalue weighted by Crippen LogP contribution is 2.39. The van der Waals surface area contributed by atoms with E-state index in [9.17, 15) is 13.2 Å². The van der Waals surface area contributed by atoms with Crippen molar-refractivity contribution in [1.29, 1.82) is 0 Å². The minimum absolute atomic E-state index is 0.0770. The van der Waals surface area contributed by atoms with Gasteiger partial charge in [0.15, 0.2) is 0 Å². The van der Waals surface area contributed by atoms with Crippen molar-refractivity contribution in [3.8, 4) is 0 Å². The third kappa shape index (κ3) is 3.15. The normalized spacial score (nSPS) is 24.6. The summed E-state index contributed by atoms with van der Waals surface area (Å²) < 4.78 is 40.8. The molecule has 0 aromatic heterocycles. The van der Waals surface area contributed by atoms with E-state index in [4.69, 9.17) is 5.84 Å². The predicted molar refractivity (Wildman–Crippen MR) is 72.1 cm³/mol. The van der Waals surface area contributed by atoms with Gasteiger partial charge in [0.05, 0.1) is 6.04 Å². The molecular weight excluding hydrogens is 265 g/mol. The Kier molecular flexibility index (Phi) is 5.05. The summed E-state index contributed by atoms with van der Waals surface area (Å²) in [5.74, 6) is 3.51. The van der Waals surface area contributed by atoms with Gasteiger partial charge in [0.2, 0.25) is 0 Å². The third-order valence-electron chi connectivity index (χ3n) is 4.41. The maximum absolute atomic E-state index is 13.9. The second-order valence-electron chi connectivity index (χ2n) is 5.63. The summed E-state index contributed by atoms with van der Waals surface area (Å²) >= 11 is 0. The molecule has 112 valence electrons. The van der Waals surface area contributed by atoms with Crippen LogP contribution >= 0.6 is 0 Å². The maximum Gasteiger partial charge on any atom is 0.133 e. The molecule has 0 spiro atoms. The van der Waals surface area contributed by atoms with E-state index in [-0.39, 0.29) is 11.5 Å². The van der Waals surface area contributed by atoms with Crippen molar-refractivity contribution in [2.75, 3.05) is 0 Å². The molecule has 3 atom stereocenters. The smallest absolute Gasteiger partial charge is 0.133 e. The number of hydrogen-bond donors (Lipinski definition) is 2. The van der Waals surface area contributed by atoms with Crippen molar-refractivity contribution >= 4 is 0 Å². The van der Waals surface area contributed by atoms with Crippen LogP contribution < -0.4 is 11.3 Å². The molecule has 1 aromatic carbocycles. The molecule has 1 aliphatic carbocycles. The molecule has 1 fully saturated rings. The first-order chi connectivity index (χ1) is 9.56. The monoisotopic (exact) mass is 286 g/mol. The first kappa shape index (κ1) is 15.3. The quantitative estimate of drug-likeness (QED) is 0.652. The molecule has 0 heterocycles. The molecule has 2 nitrogen and oxygen atoms in total. The first-order valence-electron chi connectivity index (χ1n) is 7.17. The van der Waals surface area contributed by atoms with Crippen LogP contribution in [0.5, 0.6) is 0 Å². The van der Waals surface area contributed by atoms with Crippen molar-refractivity contribution in [2.45, 2.75) is 45.1 Å². The average molecular weight is 286 g/mol. The highest BCUT2D eigenvalue weighted by atomic mass is 19.1. The van der Waals surface area contributed by atoms with E-state index in [2.05, 4.69) is 12.3 Å². The Bertz CT molecular complexity index is 441. The minimum atomic E-state index is -0.908. The number of hydrazine groups is 1. The van der Waals surface area contributed by atoms with Gasteiger partial charge in [-0.2, -0.15) is 0 Å². The van der Waals surface area contributed by atoms with Gasteiger partial charge in [0.25, 0.3) is 0 Å². The molecule has 3 N–H and O–H groups in total. The molecule has 3 unspecified atom stereocenters. The number of benzene rings is 1. The average Bonchev–Trinajstić information content (AvgIpc) is 2.42. The van der Waals surface area contributed by atoms with Crippen LogP contribution in [-0.2, 0) is 0 Å². The number of halogens is 3. The van der Waals surface area contributed by atoms with Crippen LogP contribution in [-0.4, -0.2) is 0 Å². The Morgan fingerprint density at radius 1 is 1.25 bits per heavy atom. The lowest BCUT2D eigenvalue weighted by atomic mass is 9.75. The van der Waals surface area contributed by atoms with Crippen LogP contribution in [0.15, 0.2) is 12.1 Å². The topological polar surface area (TPSA) is 38.0 Å². The van der Waals surface area contributed by atoms with Crippen molar-refractivity contribution in [3.05, 3.63) is 35.1 Å². The zero-order chi connectivity index (χ0) is 14.7. The molecule has 0 saturated heterocycles. The van der Waals surface area contributed by atoms with E-state index in [0.29, 0.717) is 18.1 Å². The number of hydrogen-bond acceptors (Lipinski definition) is 2. The highest BCUT2D eigenvalue weighted by Gasteiger charge is 2.31. The summed E-state index contributed by atoms with van der Waals surface area (Å²) in [6.45, 7) is 2.12. The molecule has 0 radical (unpaired) electrons. The van der Waals surface area contributed by atoms with Gasteiger partial charge in [0.1, 0.15) is 17.5 Å². The van der Waals surface area contributed by atoms with Gasteiger partial charge in [-0.3, -0.25) is 11.3 Å². The molecule has 0 aliphatic heterocycles. The first-order valence-corrected chi connectivity index (χ1v) is 7.17. The van der Waals surface area contributed by atoms with Gasteiger partial charge in [-0.25, -0.2) is 13.2 Å². The molecule has 1 saturated carbocycles. The van der Waals surface area contributed by atoms with Crippen LogP contribution in [0, 0.1) is 29.3 Å². The third-order valence-corrected chi connectivity index (χ3v) is 4.41. The van der Waals surface area contributed by atoms with Crippen LogP contribution in [0.4, 0.5) is 13.2 Å². The summed E-state index contributed by atoms with van der Waals surface area (Å²) in [6.07, 6.45) is 5.01. The summed E-state index contributed by atoms with van der Waals surface area (Å²) in [7, 11) is 0. The number of rotatable bonds is 4. The highest BCUT2D eigenvalue weighted by molar-refractivity contribution is 5.25. The Labute approximate surface area is 117 Å². The molecular formula is C15H21F3N2. The molecule has 0 amide bonds. The summed E-state index contributed by atoms with van der Waals surface area (Å²) in [6, 6.07) is 0.816. The Morgan fingerprint density at radius 3 is 2.45 bits per heavy atom. The number of nitrogens with two attached hydrogens (primary N) is 1. The van der Waals surface area contributed by atoms with Gasteiger partial charge in [-0.05, 0) is 24.7 Å². The van der Waals surface area contributed by atoms with Crippen LogP contribution in [0.2, 0.25) is 0 Å². The van der Waals surface area contributed by atoms with Crippen molar-refractivity contribution < 1.29 is 13.2 Å². The standard InChI is InChI=1S/C15H21F3N2/c1-2-9-4-3-5-10(6-9)15(20-19)14-12(17)7-11(16)8-13(14)18/h7-10,15,20H,2-6,19H2,1H3. The van der Waals surface area contributed by atoms with Gasteiger partial charge in [0, 0.05) is 17.7 Å². The van der Waals surface area contributed by atoms with Gasteiger partial charge >= 0.3 is 0 Å². The Morgan fingerprint density at radius 2 is 1.90 bits per heavy atom. The lowest BCUT2D eigenvalue weighted by Gasteiger charge is -2.34. The van der Waals surface area contributed by atoms with E-state index in [1.54, 1.807) is 0 Å². The molecule has 2 rings (SSSR count). The van der Waals surface area contributed by atoms with E-state index >= 15 is 0 Å². The minimum Gasteiger partial charge on any atom is -0.271 e. The van der Waals surface area contributed by atoms with E-state index in [1.165, 1.54) is 0 Å². The van der Waals surface area contributed by atoms with Crippen molar-refractivity contribution in [1.82, 2.24) is 5.43 Å². The van der Waals surface area contributed by atoms with Crippen molar-refractivity contribution in [2.24, 2.45) is 17.7 Å². The summed E-state index contributed by atoms with van der Waals surface area (Å²) in [4.78, 5) is 0. The Balaban J connectivity index is 2.28. The fourth-order valence-corrected chi connectivity index (χ4v) is 3.31. The lowest BCUT2D eigenvalue weighted by Crippen LogP contribution is -2.37. The van der Waals surface area contributed by atoms with Crippen LogP contribution in [0.1, 0.15) is 50.6 Å². The molecule has 1 aliphatic rings. The van der Waals surface area contributed by atoms with Crippen molar-refractivity contribution in [3.63, 3.8) is 0 Å².